The Labute approximate surface area is 186 Å². The van der Waals surface area contributed by atoms with Crippen molar-refractivity contribution in [2.45, 2.75) is 52.7 Å². The molecule has 6 nitrogen and oxygen atoms in total. The van der Waals surface area contributed by atoms with Crippen molar-refractivity contribution in [3.05, 3.63) is 74.7 Å². The topological polar surface area (TPSA) is 81.4 Å². The molecule has 1 N–H and O–H groups in total. The van der Waals surface area contributed by atoms with Gasteiger partial charge in [-0.05, 0) is 44.4 Å². The number of pyridine rings is 1. The van der Waals surface area contributed by atoms with Crippen molar-refractivity contribution in [3.63, 3.8) is 0 Å². The molecule has 31 heavy (non-hydrogen) atoms. The number of fused-ring (bicyclic) bond motifs is 1. The van der Waals surface area contributed by atoms with E-state index in [1.165, 1.54) is 0 Å². The summed E-state index contributed by atoms with van der Waals surface area (Å²) in [5, 5.41) is 3.33. The highest BCUT2D eigenvalue weighted by molar-refractivity contribution is 6.29. The SMILES string of the molecule is CC(C)C(OC(=O)NC(C)(C)C)c1oc2nc(Cl)ccc2c(=O)c1Cc1ccccc1. The van der Waals surface area contributed by atoms with Gasteiger partial charge in [0, 0.05) is 17.5 Å². The lowest BCUT2D eigenvalue weighted by atomic mass is 9.95. The van der Waals surface area contributed by atoms with Gasteiger partial charge in [0.2, 0.25) is 5.71 Å². The number of carbonyl (C=O) groups is 1. The second kappa shape index (κ2) is 9.10. The van der Waals surface area contributed by atoms with Gasteiger partial charge in [0.25, 0.3) is 0 Å². The van der Waals surface area contributed by atoms with Gasteiger partial charge in [-0.15, -0.1) is 0 Å². The summed E-state index contributed by atoms with van der Waals surface area (Å²) in [6, 6.07) is 12.8. The van der Waals surface area contributed by atoms with Crippen LogP contribution >= 0.6 is 11.6 Å². The lowest BCUT2D eigenvalue weighted by molar-refractivity contribution is 0.0517. The predicted octanol–water partition coefficient (Wildman–Crippen LogP) is 5.65. The number of amides is 1. The first kappa shape index (κ1) is 22.8. The number of aromatic nitrogens is 1. The summed E-state index contributed by atoms with van der Waals surface area (Å²) < 4.78 is 11.8. The van der Waals surface area contributed by atoms with Gasteiger partial charge in [-0.1, -0.05) is 55.8 Å². The molecule has 1 amide bonds. The van der Waals surface area contributed by atoms with Crippen LogP contribution < -0.4 is 10.7 Å². The van der Waals surface area contributed by atoms with Crippen LogP contribution in [0.5, 0.6) is 0 Å². The molecule has 0 aliphatic heterocycles. The van der Waals surface area contributed by atoms with Crippen LogP contribution in [0.25, 0.3) is 11.1 Å². The zero-order valence-corrected chi connectivity index (χ0v) is 19.1. The number of alkyl carbamates (subject to hydrolysis) is 1. The Morgan fingerprint density at radius 2 is 1.84 bits per heavy atom. The second-order valence-electron chi connectivity index (χ2n) is 8.87. The largest absolute Gasteiger partial charge is 0.438 e. The first-order valence-corrected chi connectivity index (χ1v) is 10.6. The smallest absolute Gasteiger partial charge is 0.408 e. The monoisotopic (exact) mass is 442 g/mol. The molecule has 164 valence electrons. The maximum absolute atomic E-state index is 13.4. The Morgan fingerprint density at radius 3 is 2.45 bits per heavy atom. The summed E-state index contributed by atoms with van der Waals surface area (Å²) in [4.78, 5) is 30.1. The van der Waals surface area contributed by atoms with E-state index in [1.54, 1.807) is 12.1 Å². The molecular weight excluding hydrogens is 416 g/mol. The van der Waals surface area contributed by atoms with Crippen LogP contribution in [0.2, 0.25) is 5.15 Å². The van der Waals surface area contributed by atoms with E-state index in [1.807, 2.05) is 65.0 Å². The van der Waals surface area contributed by atoms with E-state index in [2.05, 4.69) is 10.3 Å². The minimum Gasteiger partial charge on any atom is -0.438 e. The van der Waals surface area contributed by atoms with Crippen LogP contribution in [-0.2, 0) is 11.2 Å². The van der Waals surface area contributed by atoms with Crippen LogP contribution in [0.1, 0.15) is 57.6 Å². The average Bonchev–Trinajstić information content (AvgIpc) is 2.67. The normalized spacial score (nSPS) is 12.7. The van der Waals surface area contributed by atoms with Gasteiger partial charge in [-0.25, -0.2) is 9.78 Å². The lowest BCUT2D eigenvalue weighted by Gasteiger charge is -2.26. The Morgan fingerprint density at radius 1 is 1.16 bits per heavy atom. The van der Waals surface area contributed by atoms with Crippen LogP contribution in [0.3, 0.4) is 0 Å². The third-order valence-corrected chi connectivity index (χ3v) is 4.86. The third kappa shape index (κ3) is 5.64. The second-order valence-corrected chi connectivity index (χ2v) is 9.26. The van der Waals surface area contributed by atoms with E-state index in [0.717, 1.165) is 5.56 Å². The molecule has 0 bridgehead atoms. The van der Waals surface area contributed by atoms with Crippen molar-refractivity contribution >= 4 is 28.8 Å². The number of nitrogens with one attached hydrogen (secondary N) is 1. The molecule has 1 unspecified atom stereocenters. The molecule has 1 atom stereocenters. The van der Waals surface area contributed by atoms with Crippen molar-refractivity contribution in [3.8, 4) is 0 Å². The van der Waals surface area contributed by atoms with Gasteiger partial charge in [-0.2, -0.15) is 0 Å². The number of carbonyl (C=O) groups excluding carboxylic acids is 1. The number of ether oxygens (including phenoxy) is 1. The fraction of sp³-hybridized carbons (Fsp3) is 0.375. The molecular formula is C24H27ClN2O4. The highest BCUT2D eigenvalue weighted by Gasteiger charge is 2.30. The summed E-state index contributed by atoms with van der Waals surface area (Å²) in [6.45, 7) is 9.39. The van der Waals surface area contributed by atoms with Crippen molar-refractivity contribution in [2.24, 2.45) is 5.92 Å². The predicted molar refractivity (Wildman–Crippen MR) is 121 cm³/mol. The van der Waals surface area contributed by atoms with E-state index in [4.69, 9.17) is 20.8 Å². The van der Waals surface area contributed by atoms with Crippen molar-refractivity contribution in [1.29, 1.82) is 0 Å². The van der Waals surface area contributed by atoms with E-state index >= 15 is 0 Å². The fourth-order valence-corrected chi connectivity index (χ4v) is 3.39. The first-order valence-electron chi connectivity index (χ1n) is 10.2. The molecule has 1 aromatic carbocycles. The molecule has 3 rings (SSSR count). The molecule has 0 saturated heterocycles. The highest BCUT2D eigenvalue weighted by atomic mass is 35.5. The molecule has 7 heteroatoms. The summed E-state index contributed by atoms with van der Waals surface area (Å²) in [5.74, 6) is 0.134. The zero-order valence-electron chi connectivity index (χ0n) is 18.4. The summed E-state index contributed by atoms with van der Waals surface area (Å²) in [7, 11) is 0. The summed E-state index contributed by atoms with van der Waals surface area (Å²) >= 11 is 6.02. The van der Waals surface area contributed by atoms with Crippen molar-refractivity contribution < 1.29 is 13.9 Å². The van der Waals surface area contributed by atoms with Gasteiger partial charge < -0.3 is 14.5 Å². The Kier molecular flexibility index (Phi) is 6.70. The maximum Gasteiger partial charge on any atom is 0.408 e. The Balaban J connectivity index is 2.15. The highest BCUT2D eigenvalue weighted by Crippen LogP contribution is 2.31. The minimum atomic E-state index is -0.779. The molecule has 2 heterocycles. The fourth-order valence-electron chi connectivity index (χ4n) is 3.25. The van der Waals surface area contributed by atoms with Crippen molar-refractivity contribution in [1.82, 2.24) is 10.3 Å². The average molecular weight is 443 g/mol. The van der Waals surface area contributed by atoms with E-state index in [9.17, 15) is 9.59 Å². The molecule has 0 radical (unpaired) electrons. The summed E-state index contributed by atoms with van der Waals surface area (Å²) in [5.41, 5.74) is 0.818. The van der Waals surface area contributed by atoms with Crippen LogP contribution in [0.4, 0.5) is 4.79 Å². The molecule has 2 aromatic heterocycles. The van der Waals surface area contributed by atoms with Gasteiger partial charge in [0.05, 0.1) is 5.39 Å². The molecule has 0 aliphatic carbocycles. The van der Waals surface area contributed by atoms with Crippen LogP contribution in [0, 0.1) is 5.92 Å². The molecule has 0 spiro atoms. The zero-order chi connectivity index (χ0) is 22.8. The number of hydrogen-bond donors (Lipinski definition) is 1. The lowest BCUT2D eigenvalue weighted by Crippen LogP contribution is -2.41. The number of rotatable bonds is 5. The van der Waals surface area contributed by atoms with Crippen LogP contribution in [-0.4, -0.2) is 16.6 Å². The molecule has 0 fully saturated rings. The van der Waals surface area contributed by atoms with E-state index in [-0.39, 0.29) is 28.0 Å². The minimum absolute atomic E-state index is 0.120. The molecule has 0 saturated carbocycles. The van der Waals surface area contributed by atoms with Crippen LogP contribution in [0.15, 0.2) is 51.7 Å². The van der Waals surface area contributed by atoms with Gasteiger partial charge in [-0.3, -0.25) is 4.79 Å². The standard InChI is InChI=1S/C24H27ClN2O4/c1-14(2)20(31-23(29)27-24(3,4)5)21-17(13-15-9-7-6-8-10-15)19(28)16-11-12-18(25)26-22(16)30-21/h6-12,14,20H,13H2,1-5H3,(H,27,29). The Hall–Kier alpha value is -2.86. The van der Waals surface area contributed by atoms with E-state index < -0.39 is 17.7 Å². The number of nitrogens with zero attached hydrogens (tertiary/aromatic N) is 1. The van der Waals surface area contributed by atoms with Gasteiger partial charge in [0.1, 0.15) is 5.15 Å². The number of benzene rings is 1. The van der Waals surface area contributed by atoms with Gasteiger partial charge >= 0.3 is 6.09 Å². The first-order chi connectivity index (χ1) is 14.5. The Bertz CT molecular complexity index is 1130. The molecule has 0 aliphatic rings. The van der Waals surface area contributed by atoms with Crippen molar-refractivity contribution in [2.75, 3.05) is 0 Å². The third-order valence-electron chi connectivity index (χ3n) is 4.65. The quantitative estimate of drug-likeness (QED) is 0.516. The van der Waals surface area contributed by atoms with E-state index in [0.29, 0.717) is 17.4 Å². The number of halogens is 1. The molecule has 3 aromatic rings. The maximum atomic E-state index is 13.4. The number of hydrogen-bond acceptors (Lipinski definition) is 5. The van der Waals surface area contributed by atoms with Gasteiger partial charge in [0.15, 0.2) is 17.3 Å². The summed E-state index contributed by atoms with van der Waals surface area (Å²) in [6.07, 6.45) is -1.03.